The third kappa shape index (κ3) is 4.21. The van der Waals surface area contributed by atoms with Crippen molar-refractivity contribution in [2.24, 2.45) is 11.3 Å². The van der Waals surface area contributed by atoms with Crippen LogP contribution in [0.1, 0.15) is 57.9 Å². The first-order valence-electron chi connectivity index (χ1n) is 8.65. The molecule has 0 radical (unpaired) electrons. The van der Waals surface area contributed by atoms with Gasteiger partial charge in [-0.3, -0.25) is 4.79 Å². The molecule has 1 N–H and O–H groups in total. The third-order valence-corrected chi connectivity index (χ3v) is 5.52. The number of halogens is 7. The Morgan fingerprint density at radius 1 is 1.00 bits per heavy atom. The van der Waals surface area contributed by atoms with E-state index in [2.05, 4.69) is 0 Å². The van der Waals surface area contributed by atoms with E-state index in [4.69, 9.17) is 0 Å². The maximum Gasteiger partial charge on any atom is 0.422 e. The summed E-state index contributed by atoms with van der Waals surface area (Å²) < 4.78 is 92.9. The van der Waals surface area contributed by atoms with Gasteiger partial charge in [0, 0.05) is 6.42 Å². The Morgan fingerprint density at radius 2 is 1.48 bits per heavy atom. The fraction of sp³-hybridized carbons (Fsp3) is 0.611. The first-order chi connectivity index (χ1) is 12.4. The van der Waals surface area contributed by atoms with Crippen molar-refractivity contribution >= 4 is 11.6 Å². The second-order valence-corrected chi connectivity index (χ2v) is 7.22. The summed E-state index contributed by atoms with van der Waals surface area (Å²) in [5.74, 6) is -10.5. The first kappa shape index (κ1) is 21.5. The molecule has 152 valence electrons. The van der Waals surface area contributed by atoms with Crippen molar-refractivity contribution in [3.05, 3.63) is 28.8 Å². The fourth-order valence-corrected chi connectivity index (χ4v) is 3.72. The van der Waals surface area contributed by atoms with Crippen LogP contribution in [-0.4, -0.2) is 5.91 Å². The van der Waals surface area contributed by atoms with Gasteiger partial charge < -0.3 is 5.32 Å². The smallest absolute Gasteiger partial charge is 0.321 e. The predicted octanol–water partition coefficient (Wildman–Crippen LogP) is 6.20. The van der Waals surface area contributed by atoms with Gasteiger partial charge in [0.05, 0.1) is 0 Å². The Kier molecular flexibility index (Phi) is 6.11. The molecule has 1 saturated carbocycles. The Bertz CT molecular complexity index is 696. The lowest BCUT2D eigenvalue weighted by Crippen LogP contribution is -2.31. The molecular weight excluding hydrogens is 379 g/mol. The maximum atomic E-state index is 13.9. The minimum atomic E-state index is -5.62. The van der Waals surface area contributed by atoms with Crippen LogP contribution in [0.15, 0.2) is 0 Å². The first-order valence-corrected chi connectivity index (χ1v) is 8.65. The summed E-state index contributed by atoms with van der Waals surface area (Å²) >= 11 is 0. The molecule has 0 aromatic heterocycles. The van der Waals surface area contributed by atoms with Crippen LogP contribution in [0.4, 0.5) is 36.4 Å². The molecule has 27 heavy (non-hydrogen) atoms. The van der Waals surface area contributed by atoms with Gasteiger partial charge in [0.25, 0.3) is 0 Å². The van der Waals surface area contributed by atoms with Gasteiger partial charge in [-0.05, 0) is 30.6 Å². The van der Waals surface area contributed by atoms with Crippen LogP contribution in [0.25, 0.3) is 0 Å². The quantitative estimate of drug-likeness (QED) is 0.464. The molecule has 2 rings (SSSR count). The Balaban J connectivity index is 2.30. The van der Waals surface area contributed by atoms with Crippen molar-refractivity contribution in [3.63, 3.8) is 0 Å². The molecule has 9 heteroatoms. The van der Waals surface area contributed by atoms with Crippen LogP contribution in [0.2, 0.25) is 0 Å². The number of anilines is 1. The molecule has 0 bridgehead atoms. The summed E-state index contributed by atoms with van der Waals surface area (Å²) in [6.07, 6.45) is -1.42. The van der Waals surface area contributed by atoms with E-state index in [1.165, 1.54) is 0 Å². The summed E-state index contributed by atoms with van der Waals surface area (Å²) in [5, 5.41) is 1.72. The number of hydrogen-bond donors (Lipinski definition) is 1. The van der Waals surface area contributed by atoms with Gasteiger partial charge in [-0.15, -0.1) is 0 Å². The van der Waals surface area contributed by atoms with E-state index >= 15 is 0 Å². The highest BCUT2D eigenvalue weighted by molar-refractivity contribution is 5.91. The summed E-state index contributed by atoms with van der Waals surface area (Å²) in [4.78, 5) is 12.2. The number of alkyl halides is 3. The molecule has 1 aliphatic rings. The summed E-state index contributed by atoms with van der Waals surface area (Å²) in [5.41, 5.74) is -4.70. The fourth-order valence-electron chi connectivity index (χ4n) is 3.72. The highest BCUT2D eigenvalue weighted by Crippen LogP contribution is 2.45. The van der Waals surface area contributed by atoms with Crippen LogP contribution in [0.5, 0.6) is 0 Å². The molecule has 1 amide bonds. The maximum absolute atomic E-state index is 13.9. The number of benzene rings is 1. The van der Waals surface area contributed by atoms with E-state index in [9.17, 15) is 35.5 Å². The van der Waals surface area contributed by atoms with Gasteiger partial charge >= 0.3 is 6.18 Å². The van der Waals surface area contributed by atoms with E-state index < -0.39 is 52.0 Å². The summed E-state index contributed by atoms with van der Waals surface area (Å²) in [6, 6.07) is 0. The van der Waals surface area contributed by atoms with Gasteiger partial charge in [-0.1, -0.05) is 26.7 Å². The summed E-state index contributed by atoms with van der Waals surface area (Å²) in [7, 11) is 0. The van der Waals surface area contributed by atoms with Crippen molar-refractivity contribution in [3.8, 4) is 0 Å². The molecule has 1 aromatic rings. The third-order valence-electron chi connectivity index (χ3n) is 5.52. The predicted molar refractivity (Wildman–Crippen MR) is 84.9 cm³/mol. The Labute approximate surface area is 152 Å². The van der Waals surface area contributed by atoms with E-state index in [1.54, 1.807) is 5.32 Å². The molecule has 1 unspecified atom stereocenters. The summed E-state index contributed by atoms with van der Waals surface area (Å²) in [6.45, 7) is 3.69. The zero-order chi connectivity index (χ0) is 20.6. The minimum absolute atomic E-state index is 0.169. The normalized spacial score (nSPS) is 17.8. The molecule has 0 spiro atoms. The SMILES string of the molecule is CCC(C)(CC(=O)Nc1c(F)c(F)c(C(F)(F)F)c(F)c1F)C1CCCC1. The molecule has 1 fully saturated rings. The second-order valence-electron chi connectivity index (χ2n) is 7.22. The average Bonchev–Trinajstić information content (AvgIpc) is 3.11. The van der Waals surface area contributed by atoms with Crippen molar-refractivity contribution in [1.82, 2.24) is 0 Å². The largest absolute Gasteiger partial charge is 0.422 e. The highest BCUT2D eigenvalue weighted by Gasteiger charge is 2.43. The number of hydrogen-bond acceptors (Lipinski definition) is 1. The molecule has 0 saturated heterocycles. The van der Waals surface area contributed by atoms with Crippen LogP contribution >= 0.6 is 0 Å². The van der Waals surface area contributed by atoms with Gasteiger partial charge in [-0.25, -0.2) is 17.6 Å². The van der Waals surface area contributed by atoms with Crippen LogP contribution in [0.3, 0.4) is 0 Å². The molecule has 1 atom stereocenters. The average molecular weight is 399 g/mol. The van der Waals surface area contributed by atoms with Gasteiger partial charge in [0.2, 0.25) is 5.91 Å². The van der Waals surface area contributed by atoms with Crippen LogP contribution in [-0.2, 0) is 11.0 Å². The topological polar surface area (TPSA) is 29.1 Å². The van der Waals surface area contributed by atoms with Gasteiger partial charge in [0.15, 0.2) is 23.3 Å². The number of carbonyl (C=O) groups is 1. The van der Waals surface area contributed by atoms with Crippen LogP contribution < -0.4 is 5.32 Å². The Hall–Kier alpha value is -1.80. The zero-order valence-corrected chi connectivity index (χ0v) is 14.9. The van der Waals surface area contributed by atoms with Crippen molar-refractivity contribution < 1.29 is 35.5 Å². The van der Waals surface area contributed by atoms with E-state index in [-0.39, 0.29) is 12.3 Å². The standard InChI is InChI=1S/C18H20F7NO/c1-3-17(2,9-6-4-5-7-9)8-10(27)26-16-14(21)12(19)11(18(23,24)25)13(20)15(16)22/h9H,3-8H2,1-2H3,(H,26,27). The van der Waals surface area contributed by atoms with Gasteiger partial charge in [-0.2, -0.15) is 13.2 Å². The van der Waals surface area contributed by atoms with Gasteiger partial charge in [0.1, 0.15) is 11.3 Å². The number of rotatable bonds is 5. The lowest BCUT2D eigenvalue weighted by Gasteiger charge is -2.34. The van der Waals surface area contributed by atoms with Crippen molar-refractivity contribution in [2.45, 2.75) is 58.5 Å². The van der Waals surface area contributed by atoms with Crippen LogP contribution in [0, 0.1) is 34.6 Å². The molecule has 0 aliphatic heterocycles. The van der Waals surface area contributed by atoms with E-state index in [0.717, 1.165) is 25.7 Å². The molecule has 1 aromatic carbocycles. The van der Waals surface area contributed by atoms with E-state index in [1.807, 2.05) is 13.8 Å². The molecule has 0 heterocycles. The second kappa shape index (κ2) is 7.67. The molecule has 1 aliphatic carbocycles. The molecular formula is C18H20F7NO. The number of carbonyl (C=O) groups excluding carboxylic acids is 1. The highest BCUT2D eigenvalue weighted by atomic mass is 19.4. The lowest BCUT2D eigenvalue weighted by atomic mass is 9.71. The number of amides is 1. The van der Waals surface area contributed by atoms with Crippen molar-refractivity contribution in [1.29, 1.82) is 0 Å². The van der Waals surface area contributed by atoms with Crippen molar-refractivity contribution in [2.75, 3.05) is 5.32 Å². The molecule has 2 nitrogen and oxygen atoms in total. The minimum Gasteiger partial charge on any atom is -0.321 e. The number of nitrogens with one attached hydrogen (secondary N) is 1. The van der Waals surface area contributed by atoms with E-state index in [0.29, 0.717) is 6.42 Å². The zero-order valence-electron chi connectivity index (χ0n) is 14.9. The Morgan fingerprint density at radius 3 is 1.89 bits per heavy atom. The lowest BCUT2D eigenvalue weighted by molar-refractivity contribution is -0.143. The monoisotopic (exact) mass is 399 g/mol.